The van der Waals surface area contributed by atoms with Crippen molar-refractivity contribution in [1.82, 2.24) is 4.57 Å². The van der Waals surface area contributed by atoms with Crippen LogP contribution in [0.5, 0.6) is 5.75 Å². The van der Waals surface area contributed by atoms with E-state index >= 15 is 0 Å². The Morgan fingerprint density at radius 1 is 1.08 bits per heavy atom. The van der Waals surface area contributed by atoms with Crippen LogP contribution >= 0.6 is 11.6 Å². The number of carbonyl (C=O) groups excluding carboxylic acids is 1. The highest BCUT2D eigenvalue weighted by Gasteiger charge is 2.18. The zero-order chi connectivity index (χ0) is 18.0. The van der Waals surface area contributed by atoms with E-state index in [0.717, 1.165) is 22.6 Å². The van der Waals surface area contributed by atoms with Gasteiger partial charge < -0.3 is 15.0 Å². The summed E-state index contributed by atoms with van der Waals surface area (Å²) in [7, 11) is 0. The standard InChI is InChI=1S/C20H19ClN2O2/c1-13-8-9-14(2)23(13)16-10-17(21)19(20(22)24)18(11-16)25-12-15-6-4-3-5-7-15/h3-11H,12H2,1-2H3,(H2,22,24). The predicted molar refractivity (Wildman–Crippen MR) is 99.5 cm³/mol. The molecule has 1 heterocycles. The molecule has 0 saturated carbocycles. The van der Waals surface area contributed by atoms with Crippen LogP contribution in [-0.2, 0) is 6.61 Å². The van der Waals surface area contributed by atoms with Crippen molar-refractivity contribution in [1.29, 1.82) is 0 Å². The number of nitrogens with two attached hydrogens (primary N) is 1. The van der Waals surface area contributed by atoms with Crippen LogP contribution in [0.4, 0.5) is 0 Å². The largest absolute Gasteiger partial charge is 0.488 e. The molecule has 4 nitrogen and oxygen atoms in total. The fourth-order valence-electron chi connectivity index (χ4n) is 2.86. The molecule has 0 radical (unpaired) electrons. The van der Waals surface area contributed by atoms with Gasteiger partial charge in [0.1, 0.15) is 12.4 Å². The van der Waals surface area contributed by atoms with Crippen molar-refractivity contribution >= 4 is 17.5 Å². The number of halogens is 1. The minimum atomic E-state index is -0.611. The number of amides is 1. The van der Waals surface area contributed by atoms with Crippen LogP contribution in [-0.4, -0.2) is 10.5 Å². The third-order valence-electron chi connectivity index (χ3n) is 4.05. The number of nitrogens with zero attached hydrogens (tertiary/aromatic N) is 1. The summed E-state index contributed by atoms with van der Waals surface area (Å²) in [5.41, 5.74) is 9.65. The summed E-state index contributed by atoms with van der Waals surface area (Å²) < 4.78 is 7.93. The molecular weight excluding hydrogens is 336 g/mol. The fraction of sp³-hybridized carbons (Fsp3) is 0.150. The van der Waals surface area contributed by atoms with Crippen LogP contribution in [0.15, 0.2) is 54.6 Å². The van der Waals surface area contributed by atoms with Gasteiger partial charge in [-0.05, 0) is 37.6 Å². The van der Waals surface area contributed by atoms with Crippen LogP contribution < -0.4 is 10.5 Å². The first-order valence-corrected chi connectivity index (χ1v) is 8.30. The molecule has 0 aliphatic carbocycles. The zero-order valence-electron chi connectivity index (χ0n) is 14.1. The van der Waals surface area contributed by atoms with Crippen molar-refractivity contribution in [2.24, 2.45) is 5.73 Å². The second-order valence-electron chi connectivity index (χ2n) is 5.89. The Morgan fingerprint density at radius 3 is 2.32 bits per heavy atom. The van der Waals surface area contributed by atoms with E-state index in [2.05, 4.69) is 0 Å². The van der Waals surface area contributed by atoms with Gasteiger partial charge in [0.15, 0.2) is 0 Å². The second kappa shape index (κ2) is 7.03. The molecular formula is C20H19ClN2O2. The number of benzene rings is 2. The molecule has 128 valence electrons. The molecule has 0 bridgehead atoms. The van der Waals surface area contributed by atoms with Gasteiger partial charge in [-0.2, -0.15) is 0 Å². The molecule has 0 fully saturated rings. The topological polar surface area (TPSA) is 57.2 Å². The van der Waals surface area contributed by atoms with Crippen LogP contribution in [0, 0.1) is 13.8 Å². The van der Waals surface area contributed by atoms with E-state index < -0.39 is 5.91 Å². The van der Waals surface area contributed by atoms with Gasteiger partial charge in [-0.1, -0.05) is 41.9 Å². The first kappa shape index (κ1) is 17.1. The van der Waals surface area contributed by atoms with Crippen LogP contribution in [0.3, 0.4) is 0 Å². The van der Waals surface area contributed by atoms with Gasteiger partial charge >= 0.3 is 0 Å². The maximum Gasteiger partial charge on any atom is 0.253 e. The monoisotopic (exact) mass is 354 g/mol. The van der Waals surface area contributed by atoms with E-state index in [1.54, 1.807) is 12.1 Å². The highest BCUT2D eigenvalue weighted by atomic mass is 35.5. The number of hydrogen-bond acceptors (Lipinski definition) is 2. The molecule has 1 aromatic heterocycles. The molecule has 25 heavy (non-hydrogen) atoms. The Bertz CT molecular complexity index is 897. The summed E-state index contributed by atoms with van der Waals surface area (Å²) in [5, 5.41) is 0.278. The molecule has 0 unspecified atom stereocenters. The summed E-state index contributed by atoms with van der Waals surface area (Å²) in [6, 6.07) is 17.3. The molecule has 3 rings (SSSR count). The Hall–Kier alpha value is -2.72. The smallest absolute Gasteiger partial charge is 0.253 e. The Balaban J connectivity index is 2.03. The molecule has 3 aromatic rings. The highest BCUT2D eigenvalue weighted by Crippen LogP contribution is 2.32. The molecule has 2 N–H and O–H groups in total. The fourth-order valence-corrected chi connectivity index (χ4v) is 3.16. The van der Waals surface area contributed by atoms with E-state index in [1.165, 1.54) is 0 Å². The van der Waals surface area contributed by atoms with Gasteiger partial charge in [-0.25, -0.2) is 0 Å². The SMILES string of the molecule is Cc1ccc(C)n1-c1cc(Cl)c(C(N)=O)c(OCc2ccccc2)c1. The third-order valence-corrected chi connectivity index (χ3v) is 4.35. The summed E-state index contributed by atoms with van der Waals surface area (Å²) in [6.07, 6.45) is 0. The van der Waals surface area contributed by atoms with Gasteiger partial charge in [-0.3, -0.25) is 4.79 Å². The number of primary amides is 1. The second-order valence-corrected chi connectivity index (χ2v) is 6.30. The number of ether oxygens (including phenoxy) is 1. The van der Waals surface area contributed by atoms with E-state index in [-0.39, 0.29) is 10.6 Å². The van der Waals surface area contributed by atoms with E-state index in [1.807, 2.05) is 60.9 Å². The maximum atomic E-state index is 11.8. The van der Waals surface area contributed by atoms with Gasteiger partial charge in [0.2, 0.25) is 0 Å². The normalized spacial score (nSPS) is 10.7. The molecule has 2 aromatic carbocycles. The Labute approximate surface area is 151 Å². The number of hydrogen-bond donors (Lipinski definition) is 1. The lowest BCUT2D eigenvalue weighted by Gasteiger charge is -2.16. The number of aromatic nitrogens is 1. The number of carbonyl (C=O) groups is 1. The summed E-state index contributed by atoms with van der Waals surface area (Å²) in [6.45, 7) is 4.34. The van der Waals surface area contributed by atoms with Crippen LogP contribution in [0.2, 0.25) is 5.02 Å². The molecule has 0 spiro atoms. The molecule has 0 aliphatic rings. The quantitative estimate of drug-likeness (QED) is 0.737. The molecule has 5 heteroatoms. The van der Waals surface area contributed by atoms with E-state index in [0.29, 0.717) is 12.4 Å². The lowest BCUT2D eigenvalue weighted by atomic mass is 10.1. The molecule has 0 atom stereocenters. The number of rotatable bonds is 5. The average Bonchev–Trinajstić information content (AvgIpc) is 2.91. The minimum Gasteiger partial charge on any atom is -0.488 e. The van der Waals surface area contributed by atoms with E-state index in [4.69, 9.17) is 22.1 Å². The highest BCUT2D eigenvalue weighted by molar-refractivity contribution is 6.34. The van der Waals surface area contributed by atoms with Crippen molar-refractivity contribution in [3.8, 4) is 11.4 Å². The molecule has 0 aliphatic heterocycles. The summed E-state index contributed by atoms with van der Waals surface area (Å²) in [5.74, 6) is -0.230. The van der Waals surface area contributed by atoms with Gasteiger partial charge in [0.05, 0.1) is 16.3 Å². The van der Waals surface area contributed by atoms with Crippen molar-refractivity contribution < 1.29 is 9.53 Å². The number of aryl methyl sites for hydroxylation is 2. The van der Waals surface area contributed by atoms with Crippen LogP contribution in [0.25, 0.3) is 5.69 Å². The minimum absolute atomic E-state index is 0.198. The summed E-state index contributed by atoms with van der Waals surface area (Å²) in [4.78, 5) is 11.8. The van der Waals surface area contributed by atoms with Crippen molar-refractivity contribution in [2.45, 2.75) is 20.5 Å². The van der Waals surface area contributed by atoms with Gasteiger partial charge in [-0.15, -0.1) is 0 Å². The van der Waals surface area contributed by atoms with Gasteiger partial charge in [0.25, 0.3) is 5.91 Å². The van der Waals surface area contributed by atoms with Crippen molar-refractivity contribution in [2.75, 3.05) is 0 Å². The predicted octanol–water partition coefficient (Wildman–Crippen LogP) is 4.43. The lowest BCUT2D eigenvalue weighted by Crippen LogP contribution is -2.14. The molecule has 0 saturated heterocycles. The lowest BCUT2D eigenvalue weighted by molar-refractivity contribution is 0.0996. The Kier molecular flexibility index (Phi) is 4.81. The summed E-state index contributed by atoms with van der Waals surface area (Å²) >= 11 is 6.34. The third kappa shape index (κ3) is 3.54. The average molecular weight is 355 g/mol. The van der Waals surface area contributed by atoms with E-state index in [9.17, 15) is 4.79 Å². The Morgan fingerprint density at radius 2 is 1.72 bits per heavy atom. The maximum absolute atomic E-state index is 11.8. The molecule has 1 amide bonds. The van der Waals surface area contributed by atoms with Crippen LogP contribution in [0.1, 0.15) is 27.3 Å². The first-order valence-electron chi connectivity index (χ1n) is 7.93. The van der Waals surface area contributed by atoms with Crippen molar-refractivity contribution in [3.05, 3.63) is 82.1 Å². The zero-order valence-corrected chi connectivity index (χ0v) is 14.9. The van der Waals surface area contributed by atoms with Gasteiger partial charge in [0, 0.05) is 17.5 Å². The van der Waals surface area contributed by atoms with Crippen molar-refractivity contribution in [3.63, 3.8) is 0 Å². The first-order chi connectivity index (χ1) is 12.0.